The fourth-order valence-electron chi connectivity index (χ4n) is 1.36. The fourth-order valence-corrected chi connectivity index (χ4v) is 1.36. The minimum absolute atomic E-state index is 0.745. The monoisotopic (exact) mass is 222 g/mol. The van der Waals surface area contributed by atoms with Crippen LogP contribution in [0.4, 0.5) is 0 Å². The molecule has 0 radical (unpaired) electrons. The van der Waals surface area contributed by atoms with E-state index in [9.17, 15) is 4.79 Å². The molecule has 1 heteroatoms. The highest BCUT2D eigenvalue weighted by Gasteiger charge is 1.91. The van der Waals surface area contributed by atoms with Crippen LogP contribution in [0.5, 0.6) is 0 Å². The van der Waals surface area contributed by atoms with Gasteiger partial charge in [-0.05, 0) is 59.5 Å². The Morgan fingerprint density at radius 3 is 2.25 bits per heavy atom. The number of hydrogen-bond acceptors (Lipinski definition) is 1. The van der Waals surface area contributed by atoms with Gasteiger partial charge in [0.2, 0.25) is 0 Å². The van der Waals surface area contributed by atoms with E-state index in [1.807, 2.05) is 20.8 Å². The second-order valence-electron chi connectivity index (χ2n) is 4.42. The number of rotatable bonds is 7. The normalized spacial score (nSPS) is 13.4. The molecule has 0 aliphatic carbocycles. The van der Waals surface area contributed by atoms with Crippen molar-refractivity contribution in [3.63, 3.8) is 0 Å². The van der Waals surface area contributed by atoms with Gasteiger partial charge in [-0.2, -0.15) is 0 Å². The molecule has 0 atom stereocenters. The van der Waals surface area contributed by atoms with E-state index in [4.69, 9.17) is 1.37 Å². The number of carbonyl (C=O) groups is 1. The van der Waals surface area contributed by atoms with Crippen LogP contribution < -0.4 is 0 Å². The third-order valence-electron chi connectivity index (χ3n) is 2.38. The first-order chi connectivity index (χ1) is 7.97. The Bertz CT molecular complexity index is 331. The zero-order chi connectivity index (χ0) is 13.3. The molecule has 0 bridgehead atoms. The van der Waals surface area contributed by atoms with Gasteiger partial charge < -0.3 is 0 Å². The summed E-state index contributed by atoms with van der Waals surface area (Å²) in [6.07, 6.45) is 8.37. The van der Waals surface area contributed by atoms with Gasteiger partial charge in [-0.25, -0.2) is 0 Å². The first kappa shape index (κ1) is 13.0. The van der Waals surface area contributed by atoms with Crippen LogP contribution in [0.15, 0.2) is 34.9 Å². The zero-order valence-electron chi connectivity index (χ0n) is 12.0. The number of aldehydes is 1. The van der Waals surface area contributed by atoms with Gasteiger partial charge >= 0.3 is 0 Å². The van der Waals surface area contributed by atoms with Crippen molar-refractivity contribution in [3.05, 3.63) is 34.9 Å². The minimum Gasteiger partial charge on any atom is -0.299 e. The van der Waals surface area contributed by atoms with Crippen LogP contribution in [-0.4, -0.2) is 6.29 Å². The lowest BCUT2D eigenvalue weighted by Gasteiger charge is -2.00. The van der Waals surface area contributed by atoms with E-state index in [1.54, 1.807) is 6.08 Å². The summed E-state index contributed by atoms with van der Waals surface area (Å²) in [5.41, 5.74) is 3.55. The van der Waals surface area contributed by atoms with Gasteiger partial charge in [-0.3, -0.25) is 4.79 Å². The lowest BCUT2D eigenvalue weighted by Crippen LogP contribution is -1.81. The molecule has 0 saturated heterocycles. The molecule has 0 rings (SSSR count). The SMILES string of the molecule is [3H]C(CC/C(C)=C/CC/C(C)=C/C=O)=C(C)C. The van der Waals surface area contributed by atoms with Crippen LogP contribution in [0.25, 0.3) is 0 Å². The molecule has 0 heterocycles. The molecule has 0 aliphatic heterocycles. The van der Waals surface area contributed by atoms with Crippen LogP contribution >= 0.6 is 0 Å². The molecule has 0 saturated carbocycles. The van der Waals surface area contributed by atoms with Gasteiger partial charge in [0, 0.05) is 0 Å². The molecule has 0 aliphatic rings. The predicted octanol–water partition coefficient (Wildman–Crippen LogP) is 4.60. The van der Waals surface area contributed by atoms with Crippen molar-refractivity contribution < 1.29 is 6.17 Å². The fraction of sp³-hybridized carbons (Fsp3) is 0.533. The molecule has 1 nitrogen and oxygen atoms in total. The Kier molecular flexibility index (Phi) is 7.40. The molecule has 0 unspecified atom stereocenters. The topological polar surface area (TPSA) is 17.1 Å². The summed E-state index contributed by atoms with van der Waals surface area (Å²) in [6.45, 7) is 8.05. The van der Waals surface area contributed by atoms with Crippen molar-refractivity contribution in [2.45, 2.75) is 53.4 Å². The van der Waals surface area contributed by atoms with Gasteiger partial charge in [-0.15, -0.1) is 0 Å². The van der Waals surface area contributed by atoms with Crippen LogP contribution in [0.1, 0.15) is 54.7 Å². The van der Waals surface area contributed by atoms with Gasteiger partial charge in [-0.1, -0.05) is 28.8 Å². The molecular formula is C15H24O. The van der Waals surface area contributed by atoms with E-state index < -0.39 is 0 Å². The predicted molar refractivity (Wildman–Crippen MR) is 71.5 cm³/mol. The summed E-state index contributed by atoms with van der Waals surface area (Å²) < 4.78 is 7.72. The second-order valence-corrected chi connectivity index (χ2v) is 4.42. The molecule has 90 valence electrons. The van der Waals surface area contributed by atoms with Crippen molar-refractivity contribution in [1.29, 1.82) is 0 Å². The van der Waals surface area contributed by atoms with Crippen molar-refractivity contribution in [2.75, 3.05) is 0 Å². The Balaban J connectivity index is 3.99. The Morgan fingerprint density at radius 1 is 1.06 bits per heavy atom. The van der Waals surface area contributed by atoms with E-state index in [2.05, 4.69) is 13.0 Å². The molecule has 0 N–H and O–H groups in total. The lowest BCUT2D eigenvalue weighted by atomic mass is 10.1. The van der Waals surface area contributed by atoms with E-state index >= 15 is 0 Å². The van der Waals surface area contributed by atoms with Crippen LogP contribution in [0.3, 0.4) is 0 Å². The Morgan fingerprint density at radius 2 is 1.69 bits per heavy atom. The average molecular weight is 222 g/mol. The maximum absolute atomic E-state index is 10.2. The standard InChI is InChI=1S/C15H24O/c1-13(2)7-5-8-14(3)9-6-10-15(4)11-12-16/h7,9,11-12H,5-6,8,10H2,1-4H3/b14-9+,15-11+/i7T. The van der Waals surface area contributed by atoms with Crippen LogP contribution in [-0.2, 0) is 4.79 Å². The smallest absolute Gasteiger partial charge is 0.142 e. The van der Waals surface area contributed by atoms with Gasteiger partial charge in [0.05, 0.1) is 1.37 Å². The minimum atomic E-state index is 0.745. The second kappa shape index (κ2) is 9.14. The van der Waals surface area contributed by atoms with E-state index in [-0.39, 0.29) is 0 Å². The summed E-state index contributed by atoms with van der Waals surface area (Å²) in [5.74, 6) is 0. The van der Waals surface area contributed by atoms with Crippen LogP contribution in [0.2, 0.25) is 0 Å². The number of allylic oxidation sites excluding steroid dienone is 6. The molecule has 0 spiro atoms. The first-order valence-corrected chi connectivity index (χ1v) is 5.87. The Labute approximate surface area is 101 Å². The molecule has 16 heavy (non-hydrogen) atoms. The summed E-state index contributed by atoms with van der Waals surface area (Å²) in [7, 11) is 0. The highest BCUT2D eigenvalue weighted by Crippen LogP contribution is 2.10. The molecule has 0 fully saturated rings. The highest BCUT2D eigenvalue weighted by atomic mass is 16.1. The van der Waals surface area contributed by atoms with Gasteiger partial charge in [0.15, 0.2) is 0 Å². The van der Waals surface area contributed by atoms with Gasteiger partial charge in [0.25, 0.3) is 0 Å². The summed E-state index contributed by atoms with van der Waals surface area (Å²) in [5, 5.41) is 0. The van der Waals surface area contributed by atoms with Gasteiger partial charge in [0.1, 0.15) is 6.29 Å². The Hall–Kier alpha value is -1.11. The zero-order valence-corrected chi connectivity index (χ0v) is 11.0. The third-order valence-corrected chi connectivity index (χ3v) is 2.38. The summed E-state index contributed by atoms with van der Waals surface area (Å²) in [6, 6.07) is 0.745. The molecule has 0 amide bonds. The molecule has 0 aromatic heterocycles. The quantitative estimate of drug-likeness (QED) is 0.349. The molecular weight excluding hydrogens is 196 g/mol. The summed E-state index contributed by atoms with van der Waals surface area (Å²) >= 11 is 0. The lowest BCUT2D eigenvalue weighted by molar-refractivity contribution is -0.104. The largest absolute Gasteiger partial charge is 0.299 e. The van der Waals surface area contributed by atoms with Crippen molar-refractivity contribution in [1.82, 2.24) is 0 Å². The van der Waals surface area contributed by atoms with E-state index in [1.165, 1.54) is 5.57 Å². The van der Waals surface area contributed by atoms with E-state index in [0.29, 0.717) is 0 Å². The maximum Gasteiger partial charge on any atom is 0.142 e. The third kappa shape index (κ3) is 9.45. The van der Waals surface area contributed by atoms with Crippen LogP contribution in [0, 0.1) is 0 Å². The molecule has 0 aromatic carbocycles. The number of hydrogen-bond donors (Lipinski definition) is 0. The van der Waals surface area contributed by atoms with Crippen molar-refractivity contribution in [2.24, 2.45) is 0 Å². The molecule has 0 aromatic rings. The maximum atomic E-state index is 10.2. The summed E-state index contributed by atoms with van der Waals surface area (Å²) in [4.78, 5) is 10.2. The van der Waals surface area contributed by atoms with E-state index in [0.717, 1.165) is 49.2 Å². The van der Waals surface area contributed by atoms with Crippen molar-refractivity contribution in [3.8, 4) is 0 Å². The average Bonchev–Trinajstić information content (AvgIpc) is 2.26. The highest BCUT2D eigenvalue weighted by molar-refractivity contribution is 5.65. The number of carbonyl (C=O) groups excluding carboxylic acids is 1. The van der Waals surface area contributed by atoms with Crippen molar-refractivity contribution >= 4 is 6.29 Å². The first-order valence-electron chi connectivity index (χ1n) is 6.37.